The largest absolute Gasteiger partial charge is 0.327 e. The molecule has 0 aromatic rings. The van der Waals surface area contributed by atoms with Crippen molar-refractivity contribution in [1.29, 1.82) is 0 Å². The van der Waals surface area contributed by atoms with Gasteiger partial charge < -0.3 is 4.90 Å². The van der Waals surface area contributed by atoms with E-state index < -0.39 is 0 Å². The van der Waals surface area contributed by atoms with Crippen LogP contribution in [0.5, 0.6) is 0 Å². The topological polar surface area (TPSA) is 40.6 Å². The van der Waals surface area contributed by atoms with Crippen LogP contribution in [-0.4, -0.2) is 40.4 Å². The van der Waals surface area contributed by atoms with Crippen molar-refractivity contribution in [2.45, 2.75) is 57.0 Å². The monoisotopic (exact) mass is 222 g/mol. The van der Waals surface area contributed by atoms with Gasteiger partial charge in [0.1, 0.15) is 6.04 Å². The van der Waals surface area contributed by atoms with Gasteiger partial charge in [0.2, 0.25) is 0 Å². The van der Waals surface area contributed by atoms with Crippen molar-refractivity contribution in [1.82, 2.24) is 9.80 Å². The second-order valence-electron chi connectivity index (χ2n) is 5.13. The van der Waals surface area contributed by atoms with Gasteiger partial charge in [0, 0.05) is 12.6 Å². The summed E-state index contributed by atoms with van der Waals surface area (Å²) in [5.74, 6) is 0.0802. The molecule has 2 heterocycles. The Kier molecular flexibility index (Phi) is 2.37. The van der Waals surface area contributed by atoms with Crippen LogP contribution in [0.15, 0.2) is 0 Å². The molecule has 1 saturated carbocycles. The second-order valence-corrected chi connectivity index (χ2v) is 5.13. The molecule has 16 heavy (non-hydrogen) atoms. The minimum atomic E-state index is -0.123. The number of hydrogen-bond acceptors (Lipinski definition) is 2. The Morgan fingerprint density at radius 2 is 1.62 bits per heavy atom. The Balaban J connectivity index is 1.83. The van der Waals surface area contributed by atoms with Crippen molar-refractivity contribution in [3.05, 3.63) is 0 Å². The number of hydrogen-bond donors (Lipinski definition) is 0. The van der Waals surface area contributed by atoms with Crippen LogP contribution in [0.1, 0.15) is 44.9 Å². The van der Waals surface area contributed by atoms with Gasteiger partial charge in [-0.15, -0.1) is 0 Å². The molecule has 4 nitrogen and oxygen atoms in total. The highest BCUT2D eigenvalue weighted by Gasteiger charge is 2.48. The third-order valence-corrected chi connectivity index (χ3v) is 4.17. The molecule has 1 aliphatic carbocycles. The van der Waals surface area contributed by atoms with Crippen LogP contribution in [0.2, 0.25) is 0 Å². The Bertz CT molecular complexity index is 299. The first-order chi connectivity index (χ1) is 7.79. The van der Waals surface area contributed by atoms with Crippen molar-refractivity contribution in [2.75, 3.05) is 6.54 Å². The van der Waals surface area contributed by atoms with Crippen molar-refractivity contribution in [3.63, 3.8) is 0 Å². The van der Waals surface area contributed by atoms with E-state index in [1.165, 1.54) is 0 Å². The molecule has 0 bridgehead atoms. The highest BCUT2D eigenvalue weighted by Crippen LogP contribution is 2.32. The standard InChI is InChI=1S/C12H18N2O2/c15-11-10-7-3-4-8-13(10)12(16)14(11)9-5-1-2-6-9/h9-10H,1-8H2. The van der Waals surface area contributed by atoms with Crippen molar-refractivity contribution < 1.29 is 9.59 Å². The summed E-state index contributed by atoms with van der Waals surface area (Å²) in [6.45, 7) is 0.776. The summed E-state index contributed by atoms with van der Waals surface area (Å²) in [6.07, 6.45) is 7.34. The summed E-state index contributed by atoms with van der Waals surface area (Å²) in [6, 6.07) is 0.0639. The summed E-state index contributed by atoms with van der Waals surface area (Å²) < 4.78 is 0. The van der Waals surface area contributed by atoms with Crippen LogP contribution in [-0.2, 0) is 4.79 Å². The molecule has 1 atom stereocenters. The normalized spacial score (nSPS) is 31.4. The lowest BCUT2D eigenvalue weighted by molar-refractivity contribution is -0.130. The minimum absolute atomic E-state index is 0.0124. The summed E-state index contributed by atoms with van der Waals surface area (Å²) in [7, 11) is 0. The van der Waals surface area contributed by atoms with E-state index in [0.717, 1.165) is 51.5 Å². The Labute approximate surface area is 95.6 Å². The predicted molar refractivity (Wildman–Crippen MR) is 58.8 cm³/mol. The average Bonchev–Trinajstić information content (AvgIpc) is 2.89. The van der Waals surface area contributed by atoms with E-state index in [0.29, 0.717) is 0 Å². The molecule has 4 heteroatoms. The number of piperidine rings is 1. The first kappa shape index (κ1) is 10.1. The number of imide groups is 1. The lowest BCUT2D eigenvalue weighted by Gasteiger charge is -2.26. The Morgan fingerprint density at radius 1 is 0.938 bits per heavy atom. The number of nitrogens with zero attached hydrogens (tertiary/aromatic N) is 2. The quantitative estimate of drug-likeness (QED) is 0.634. The fraction of sp³-hybridized carbons (Fsp3) is 0.833. The molecule has 0 N–H and O–H groups in total. The van der Waals surface area contributed by atoms with Gasteiger partial charge in [0.15, 0.2) is 0 Å². The van der Waals surface area contributed by atoms with Crippen molar-refractivity contribution >= 4 is 11.9 Å². The van der Waals surface area contributed by atoms with E-state index in [1.54, 1.807) is 9.80 Å². The first-order valence-electron chi connectivity index (χ1n) is 6.43. The molecule has 88 valence electrons. The molecule has 0 aromatic carbocycles. The molecule has 0 aromatic heterocycles. The van der Waals surface area contributed by atoms with Crippen LogP contribution >= 0.6 is 0 Å². The summed E-state index contributed by atoms with van der Waals surface area (Å²) in [5, 5.41) is 0. The minimum Gasteiger partial charge on any atom is -0.312 e. The Morgan fingerprint density at radius 3 is 2.31 bits per heavy atom. The fourth-order valence-electron chi connectivity index (χ4n) is 3.31. The zero-order chi connectivity index (χ0) is 11.1. The van der Waals surface area contributed by atoms with Crippen LogP contribution in [0.3, 0.4) is 0 Å². The molecule has 3 amide bonds. The maximum Gasteiger partial charge on any atom is 0.327 e. The van der Waals surface area contributed by atoms with Crippen LogP contribution < -0.4 is 0 Å². The molecule has 2 saturated heterocycles. The molecular formula is C12H18N2O2. The maximum atomic E-state index is 12.2. The van der Waals surface area contributed by atoms with Gasteiger partial charge in [-0.1, -0.05) is 12.8 Å². The number of carbonyl (C=O) groups excluding carboxylic acids is 2. The molecular weight excluding hydrogens is 204 g/mol. The van der Waals surface area contributed by atoms with E-state index in [4.69, 9.17) is 0 Å². The maximum absolute atomic E-state index is 12.2. The van der Waals surface area contributed by atoms with E-state index in [-0.39, 0.29) is 24.0 Å². The lowest BCUT2D eigenvalue weighted by atomic mass is 10.0. The molecule has 0 spiro atoms. The van der Waals surface area contributed by atoms with Gasteiger partial charge in [0.05, 0.1) is 0 Å². The van der Waals surface area contributed by atoms with Gasteiger partial charge in [-0.2, -0.15) is 0 Å². The van der Waals surface area contributed by atoms with Crippen molar-refractivity contribution in [2.24, 2.45) is 0 Å². The molecule has 0 radical (unpaired) electrons. The molecule has 3 rings (SSSR count). The molecule has 3 fully saturated rings. The number of rotatable bonds is 1. The van der Waals surface area contributed by atoms with Crippen molar-refractivity contribution in [3.8, 4) is 0 Å². The van der Waals surface area contributed by atoms with Crippen LogP contribution in [0, 0.1) is 0 Å². The third-order valence-electron chi connectivity index (χ3n) is 4.17. The lowest BCUT2D eigenvalue weighted by Crippen LogP contribution is -2.40. The van der Waals surface area contributed by atoms with E-state index in [2.05, 4.69) is 0 Å². The number of fused-ring (bicyclic) bond motifs is 1. The summed E-state index contributed by atoms with van der Waals surface area (Å²) in [4.78, 5) is 27.7. The van der Waals surface area contributed by atoms with E-state index in [9.17, 15) is 9.59 Å². The first-order valence-corrected chi connectivity index (χ1v) is 6.43. The number of amides is 3. The molecule has 2 aliphatic heterocycles. The van der Waals surface area contributed by atoms with E-state index >= 15 is 0 Å². The highest BCUT2D eigenvalue weighted by atomic mass is 16.2. The third kappa shape index (κ3) is 1.35. The molecule has 3 aliphatic rings. The number of urea groups is 1. The number of carbonyl (C=O) groups is 2. The average molecular weight is 222 g/mol. The SMILES string of the molecule is O=C1C2CCCCN2C(=O)N1C1CCCC1. The van der Waals surface area contributed by atoms with Crippen LogP contribution in [0.4, 0.5) is 4.79 Å². The highest BCUT2D eigenvalue weighted by molar-refractivity contribution is 6.04. The zero-order valence-corrected chi connectivity index (χ0v) is 9.52. The second kappa shape index (κ2) is 3.75. The molecule has 1 unspecified atom stereocenters. The predicted octanol–water partition coefficient (Wildman–Crippen LogP) is 1.75. The van der Waals surface area contributed by atoms with Gasteiger partial charge >= 0.3 is 6.03 Å². The van der Waals surface area contributed by atoms with Gasteiger partial charge in [-0.3, -0.25) is 9.69 Å². The van der Waals surface area contributed by atoms with Crippen LogP contribution in [0.25, 0.3) is 0 Å². The smallest absolute Gasteiger partial charge is 0.312 e. The van der Waals surface area contributed by atoms with E-state index in [1.807, 2.05) is 0 Å². The Hall–Kier alpha value is -1.06. The van der Waals surface area contributed by atoms with Gasteiger partial charge in [-0.25, -0.2) is 4.79 Å². The van der Waals surface area contributed by atoms with Gasteiger partial charge in [0.25, 0.3) is 5.91 Å². The summed E-state index contributed by atoms with van der Waals surface area (Å²) >= 11 is 0. The zero-order valence-electron chi connectivity index (χ0n) is 9.52. The fourth-order valence-corrected chi connectivity index (χ4v) is 3.31. The van der Waals surface area contributed by atoms with Gasteiger partial charge in [-0.05, 0) is 32.1 Å². The summed E-state index contributed by atoms with van der Waals surface area (Å²) in [5.41, 5.74) is 0.